The van der Waals surface area contributed by atoms with E-state index in [1.54, 1.807) is 6.07 Å². The van der Waals surface area contributed by atoms with Crippen LogP contribution in [0, 0.1) is 11.3 Å². The Hall–Kier alpha value is -3.59. The van der Waals surface area contributed by atoms with Crippen molar-refractivity contribution in [1.29, 1.82) is 5.26 Å². The van der Waals surface area contributed by atoms with Crippen LogP contribution in [0.2, 0.25) is 0 Å². The third-order valence-electron chi connectivity index (χ3n) is 3.28. The molecule has 0 radical (unpaired) electrons. The fourth-order valence-electron chi connectivity index (χ4n) is 2.01. The summed E-state index contributed by atoms with van der Waals surface area (Å²) in [7, 11) is 0. The van der Waals surface area contributed by atoms with E-state index in [9.17, 15) is 9.59 Å². The molecule has 3 amide bonds. The quantitative estimate of drug-likeness (QED) is 0.558. The lowest BCUT2D eigenvalue weighted by atomic mass is 10.2. The molecule has 6 heteroatoms. The summed E-state index contributed by atoms with van der Waals surface area (Å²) >= 11 is 0. The van der Waals surface area contributed by atoms with Gasteiger partial charge in [-0.2, -0.15) is 5.26 Å². The van der Waals surface area contributed by atoms with Crippen LogP contribution >= 0.6 is 0 Å². The molecule has 2 aromatic carbocycles. The van der Waals surface area contributed by atoms with E-state index in [4.69, 9.17) is 5.26 Å². The third-order valence-corrected chi connectivity index (χ3v) is 3.28. The van der Waals surface area contributed by atoms with Crippen molar-refractivity contribution < 1.29 is 9.59 Å². The second kappa shape index (κ2) is 9.53. The van der Waals surface area contributed by atoms with E-state index in [1.807, 2.05) is 60.7 Å². The first-order valence-electron chi connectivity index (χ1n) is 7.69. The first-order chi connectivity index (χ1) is 12.2. The number of hydrogen-bond donors (Lipinski definition) is 3. The van der Waals surface area contributed by atoms with Crippen molar-refractivity contribution in [3.8, 4) is 6.07 Å². The van der Waals surface area contributed by atoms with Gasteiger partial charge in [-0.15, -0.1) is 0 Å². The standard InChI is InChI=1S/C19H18N4O2/c20-11-17(14-21-12-15-7-3-1-4-8-15)18(24)23-19(25)22-13-16-9-5-2-6-10-16/h1-10,14,21H,12-13H2,(H2,22,23,24,25)/b17-14+. The molecule has 0 heterocycles. The Morgan fingerprint density at radius 1 is 0.920 bits per heavy atom. The Morgan fingerprint density at radius 2 is 1.48 bits per heavy atom. The zero-order chi connectivity index (χ0) is 17.9. The molecule has 0 aliphatic rings. The zero-order valence-electron chi connectivity index (χ0n) is 13.5. The predicted molar refractivity (Wildman–Crippen MR) is 93.8 cm³/mol. The number of nitriles is 1. The van der Waals surface area contributed by atoms with Crippen LogP contribution in [0.1, 0.15) is 11.1 Å². The number of carbonyl (C=O) groups is 2. The number of imide groups is 1. The highest BCUT2D eigenvalue weighted by Crippen LogP contribution is 1.99. The van der Waals surface area contributed by atoms with Crippen LogP contribution in [0.15, 0.2) is 72.4 Å². The average molecular weight is 334 g/mol. The molecule has 0 atom stereocenters. The highest BCUT2D eigenvalue weighted by molar-refractivity contribution is 6.06. The van der Waals surface area contributed by atoms with Gasteiger partial charge in [-0.05, 0) is 11.1 Å². The highest BCUT2D eigenvalue weighted by atomic mass is 16.2. The van der Waals surface area contributed by atoms with Crippen LogP contribution in [-0.2, 0) is 17.9 Å². The summed E-state index contributed by atoms with van der Waals surface area (Å²) in [5.41, 5.74) is 1.74. The number of nitrogens with one attached hydrogen (secondary N) is 3. The van der Waals surface area contributed by atoms with E-state index in [2.05, 4.69) is 16.0 Å². The smallest absolute Gasteiger partial charge is 0.321 e. The largest absolute Gasteiger partial charge is 0.386 e. The Balaban J connectivity index is 1.81. The molecular formula is C19H18N4O2. The minimum Gasteiger partial charge on any atom is -0.386 e. The highest BCUT2D eigenvalue weighted by Gasteiger charge is 2.12. The average Bonchev–Trinajstić information content (AvgIpc) is 2.65. The van der Waals surface area contributed by atoms with Crippen LogP contribution in [0.3, 0.4) is 0 Å². The maximum absolute atomic E-state index is 11.9. The van der Waals surface area contributed by atoms with Crippen molar-refractivity contribution in [2.45, 2.75) is 13.1 Å². The monoisotopic (exact) mass is 334 g/mol. The summed E-state index contributed by atoms with van der Waals surface area (Å²) in [6.07, 6.45) is 1.30. The molecular weight excluding hydrogens is 316 g/mol. The fourth-order valence-corrected chi connectivity index (χ4v) is 2.01. The topological polar surface area (TPSA) is 94.0 Å². The molecule has 0 saturated heterocycles. The summed E-state index contributed by atoms with van der Waals surface area (Å²) in [5, 5.41) is 16.6. The Kier molecular flexibility index (Phi) is 6.77. The van der Waals surface area contributed by atoms with Gasteiger partial charge in [0.25, 0.3) is 5.91 Å². The maximum atomic E-state index is 11.9. The molecule has 2 rings (SSSR count). The number of hydrogen-bond acceptors (Lipinski definition) is 4. The van der Waals surface area contributed by atoms with Crippen molar-refractivity contribution in [1.82, 2.24) is 16.0 Å². The number of urea groups is 1. The van der Waals surface area contributed by atoms with E-state index in [1.165, 1.54) is 6.20 Å². The lowest BCUT2D eigenvalue weighted by molar-refractivity contribution is -0.116. The maximum Gasteiger partial charge on any atom is 0.321 e. The number of nitrogens with zero attached hydrogens (tertiary/aromatic N) is 1. The first-order valence-corrected chi connectivity index (χ1v) is 7.69. The Bertz CT molecular complexity index is 780. The van der Waals surface area contributed by atoms with Gasteiger partial charge >= 0.3 is 6.03 Å². The second-order valence-electron chi connectivity index (χ2n) is 5.16. The molecule has 0 unspecified atom stereocenters. The summed E-state index contributed by atoms with van der Waals surface area (Å²) in [4.78, 5) is 23.7. The van der Waals surface area contributed by atoms with Gasteiger partial charge < -0.3 is 10.6 Å². The number of rotatable bonds is 6. The van der Waals surface area contributed by atoms with Gasteiger partial charge in [0.1, 0.15) is 11.6 Å². The molecule has 0 fully saturated rings. The molecule has 25 heavy (non-hydrogen) atoms. The molecule has 2 aromatic rings. The van der Waals surface area contributed by atoms with Crippen LogP contribution in [0.4, 0.5) is 4.79 Å². The Morgan fingerprint density at radius 3 is 2.04 bits per heavy atom. The summed E-state index contributed by atoms with van der Waals surface area (Å²) in [6, 6.07) is 20.0. The SMILES string of the molecule is N#C/C(=C\NCc1ccccc1)C(=O)NC(=O)NCc1ccccc1. The molecule has 0 aliphatic carbocycles. The Labute approximate surface area is 146 Å². The molecule has 6 nitrogen and oxygen atoms in total. The van der Waals surface area contributed by atoms with Gasteiger partial charge in [0.2, 0.25) is 0 Å². The van der Waals surface area contributed by atoms with Gasteiger partial charge in [0.05, 0.1) is 0 Å². The van der Waals surface area contributed by atoms with E-state index in [-0.39, 0.29) is 12.1 Å². The van der Waals surface area contributed by atoms with E-state index in [0.717, 1.165) is 11.1 Å². The number of benzene rings is 2. The van der Waals surface area contributed by atoms with Crippen LogP contribution in [0.25, 0.3) is 0 Å². The molecule has 0 spiro atoms. The molecule has 0 aromatic heterocycles. The van der Waals surface area contributed by atoms with Gasteiger partial charge in [-0.3, -0.25) is 10.1 Å². The lowest BCUT2D eigenvalue weighted by Crippen LogP contribution is -2.39. The fraction of sp³-hybridized carbons (Fsp3) is 0.105. The molecule has 0 bridgehead atoms. The third kappa shape index (κ3) is 6.20. The van der Waals surface area contributed by atoms with Crippen LogP contribution < -0.4 is 16.0 Å². The number of carbonyl (C=O) groups excluding carboxylic acids is 2. The summed E-state index contributed by atoms with van der Waals surface area (Å²) < 4.78 is 0. The zero-order valence-corrected chi connectivity index (χ0v) is 13.5. The van der Waals surface area contributed by atoms with E-state index >= 15 is 0 Å². The van der Waals surface area contributed by atoms with Crippen LogP contribution in [-0.4, -0.2) is 11.9 Å². The van der Waals surface area contributed by atoms with Crippen molar-refractivity contribution >= 4 is 11.9 Å². The van der Waals surface area contributed by atoms with E-state index in [0.29, 0.717) is 6.54 Å². The van der Waals surface area contributed by atoms with Crippen molar-refractivity contribution in [2.24, 2.45) is 0 Å². The van der Waals surface area contributed by atoms with Crippen molar-refractivity contribution in [2.75, 3.05) is 0 Å². The molecule has 0 saturated carbocycles. The van der Waals surface area contributed by atoms with Gasteiger partial charge in [0, 0.05) is 19.3 Å². The summed E-state index contributed by atoms with van der Waals surface area (Å²) in [5.74, 6) is -0.756. The van der Waals surface area contributed by atoms with Crippen molar-refractivity contribution in [3.05, 3.63) is 83.6 Å². The molecule has 126 valence electrons. The van der Waals surface area contributed by atoms with Gasteiger partial charge in [-0.1, -0.05) is 60.7 Å². The van der Waals surface area contributed by atoms with Crippen molar-refractivity contribution in [3.63, 3.8) is 0 Å². The summed E-state index contributed by atoms with van der Waals surface area (Å²) in [6.45, 7) is 0.761. The number of amides is 3. The predicted octanol–water partition coefficient (Wildman–Crippen LogP) is 2.21. The van der Waals surface area contributed by atoms with Gasteiger partial charge in [0.15, 0.2) is 0 Å². The molecule has 0 aliphatic heterocycles. The van der Waals surface area contributed by atoms with Crippen LogP contribution in [0.5, 0.6) is 0 Å². The second-order valence-corrected chi connectivity index (χ2v) is 5.16. The lowest BCUT2D eigenvalue weighted by Gasteiger charge is -2.07. The van der Waals surface area contributed by atoms with Gasteiger partial charge in [-0.25, -0.2) is 4.79 Å². The van der Waals surface area contributed by atoms with E-state index < -0.39 is 11.9 Å². The minimum absolute atomic E-state index is 0.175. The molecule has 3 N–H and O–H groups in total. The first kappa shape index (κ1) is 17.8. The normalized spacial score (nSPS) is 10.4. The minimum atomic E-state index is -0.756.